The van der Waals surface area contributed by atoms with Crippen molar-refractivity contribution < 1.29 is 9.47 Å². The molecule has 0 bridgehead atoms. The summed E-state index contributed by atoms with van der Waals surface area (Å²) in [6, 6.07) is 0. The first-order valence-electron chi connectivity index (χ1n) is 4.49. The molecule has 2 aliphatic rings. The number of hydrogen-bond donors (Lipinski definition) is 0. The summed E-state index contributed by atoms with van der Waals surface area (Å²) in [7, 11) is 0. The molecule has 1 aliphatic heterocycles. The Morgan fingerprint density at radius 2 is 2.18 bits per heavy atom. The lowest BCUT2D eigenvalue weighted by Crippen LogP contribution is -2.45. The Morgan fingerprint density at radius 3 is 2.91 bits per heavy atom. The summed E-state index contributed by atoms with van der Waals surface area (Å²) in [5.41, 5.74) is 0.0260. The minimum absolute atomic E-state index is 0.0260. The molecule has 2 fully saturated rings. The largest absolute Gasteiger partial charge is 0.349 e. The SMILES string of the molecule is CC1CCCC2OCOC12C. The normalized spacial score (nSPS) is 50.7. The topological polar surface area (TPSA) is 18.5 Å². The zero-order valence-corrected chi connectivity index (χ0v) is 7.30. The van der Waals surface area contributed by atoms with Crippen molar-refractivity contribution in [1.29, 1.82) is 0 Å². The Labute approximate surface area is 67.9 Å². The minimum atomic E-state index is 0.0260. The van der Waals surface area contributed by atoms with Crippen LogP contribution in [0, 0.1) is 5.92 Å². The van der Waals surface area contributed by atoms with E-state index in [0.29, 0.717) is 18.8 Å². The lowest BCUT2D eigenvalue weighted by molar-refractivity contribution is -0.0486. The van der Waals surface area contributed by atoms with Gasteiger partial charge in [0.05, 0.1) is 11.7 Å². The predicted octanol–water partition coefficient (Wildman–Crippen LogP) is 1.94. The molecule has 3 unspecified atom stereocenters. The molecule has 1 aliphatic carbocycles. The van der Waals surface area contributed by atoms with Gasteiger partial charge in [-0.2, -0.15) is 0 Å². The highest BCUT2D eigenvalue weighted by molar-refractivity contribution is 4.95. The molecule has 1 saturated carbocycles. The highest BCUT2D eigenvalue weighted by atomic mass is 16.7. The highest BCUT2D eigenvalue weighted by Gasteiger charge is 2.47. The third-order valence-corrected chi connectivity index (χ3v) is 3.36. The molecule has 0 aromatic heterocycles. The molecular weight excluding hydrogens is 140 g/mol. The zero-order valence-electron chi connectivity index (χ0n) is 7.30. The molecule has 2 heteroatoms. The summed E-state index contributed by atoms with van der Waals surface area (Å²) in [4.78, 5) is 0. The van der Waals surface area contributed by atoms with Crippen molar-refractivity contribution in [3.05, 3.63) is 0 Å². The van der Waals surface area contributed by atoms with E-state index in [1.807, 2.05) is 0 Å². The Hall–Kier alpha value is -0.0800. The molecule has 64 valence electrons. The van der Waals surface area contributed by atoms with Crippen molar-refractivity contribution in [3.8, 4) is 0 Å². The Morgan fingerprint density at radius 1 is 1.36 bits per heavy atom. The van der Waals surface area contributed by atoms with E-state index < -0.39 is 0 Å². The number of hydrogen-bond acceptors (Lipinski definition) is 2. The fourth-order valence-electron chi connectivity index (χ4n) is 2.23. The Bertz CT molecular complexity index is 158. The van der Waals surface area contributed by atoms with E-state index in [4.69, 9.17) is 9.47 Å². The second-order valence-electron chi connectivity index (χ2n) is 3.93. The molecule has 2 rings (SSSR count). The molecule has 1 saturated heterocycles. The number of ether oxygens (including phenoxy) is 2. The van der Waals surface area contributed by atoms with Crippen LogP contribution in [0.3, 0.4) is 0 Å². The van der Waals surface area contributed by atoms with Gasteiger partial charge in [-0.05, 0) is 25.7 Å². The third kappa shape index (κ3) is 1.00. The summed E-state index contributed by atoms with van der Waals surface area (Å²) in [5, 5.41) is 0. The maximum Gasteiger partial charge on any atom is 0.148 e. The summed E-state index contributed by atoms with van der Waals surface area (Å²) < 4.78 is 11.1. The van der Waals surface area contributed by atoms with Gasteiger partial charge in [-0.1, -0.05) is 13.3 Å². The van der Waals surface area contributed by atoms with Crippen LogP contribution in [0.2, 0.25) is 0 Å². The molecule has 0 aromatic carbocycles. The average Bonchev–Trinajstić information content (AvgIpc) is 2.34. The predicted molar refractivity (Wildman–Crippen MR) is 42.2 cm³/mol. The van der Waals surface area contributed by atoms with Crippen LogP contribution in [-0.4, -0.2) is 18.5 Å². The van der Waals surface area contributed by atoms with Crippen molar-refractivity contribution in [1.82, 2.24) is 0 Å². The van der Waals surface area contributed by atoms with Crippen LogP contribution in [0.1, 0.15) is 33.1 Å². The summed E-state index contributed by atoms with van der Waals surface area (Å²) in [5.74, 6) is 0.656. The Kier molecular flexibility index (Phi) is 1.69. The standard InChI is InChI=1S/C9H16O2/c1-7-4-3-5-8-9(7,2)11-6-10-8/h7-8H,3-6H2,1-2H3. The molecule has 3 atom stereocenters. The quantitative estimate of drug-likeness (QED) is 0.533. The first kappa shape index (κ1) is 7.56. The van der Waals surface area contributed by atoms with Crippen molar-refractivity contribution in [2.75, 3.05) is 6.79 Å². The monoisotopic (exact) mass is 156 g/mol. The van der Waals surface area contributed by atoms with Gasteiger partial charge in [0, 0.05) is 0 Å². The van der Waals surface area contributed by atoms with E-state index >= 15 is 0 Å². The van der Waals surface area contributed by atoms with Crippen LogP contribution < -0.4 is 0 Å². The van der Waals surface area contributed by atoms with E-state index in [1.165, 1.54) is 19.3 Å². The van der Waals surface area contributed by atoms with Crippen LogP contribution >= 0.6 is 0 Å². The van der Waals surface area contributed by atoms with E-state index in [2.05, 4.69) is 13.8 Å². The molecule has 0 N–H and O–H groups in total. The zero-order chi connectivity index (χ0) is 7.90. The van der Waals surface area contributed by atoms with Gasteiger partial charge in [0.2, 0.25) is 0 Å². The maximum atomic E-state index is 5.63. The fraction of sp³-hybridized carbons (Fsp3) is 1.00. The van der Waals surface area contributed by atoms with Crippen LogP contribution in [0.5, 0.6) is 0 Å². The van der Waals surface area contributed by atoms with Gasteiger partial charge in [0.15, 0.2) is 0 Å². The van der Waals surface area contributed by atoms with Crippen molar-refractivity contribution in [2.45, 2.75) is 44.8 Å². The second-order valence-corrected chi connectivity index (χ2v) is 3.93. The molecule has 1 heterocycles. The highest BCUT2D eigenvalue weighted by Crippen LogP contribution is 2.41. The van der Waals surface area contributed by atoms with Gasteiger partial charge >= 0.3 is 0 Å². The molecule has 0 spiro atoms. The van der Waals surface area contributed by atoms with E-state index in [9.17, 15) is 0 Å². The van der Waals surface area contributed by atoms with Gasteiger partial charge in [0.25, 0.3) is 0 Å². The van der Waals surface area contributed by atoms with Gasteiger partial charge < -0.3 is 9.47 Å². The molecule has 2 nitrogen and oxygen atoms in total. The average molecular weight is 156 g/mol. The van der Waals surface area contributed by atoms with Gasteiger partial charge in [-0.3, -0.25) is 0 Å². The van der Waals surface area contributed by atoms with E-state index in [1.54, 1.807) is 0 Å². The van der Waals surface area contributed by atoms with Crippen LogP contribution in [0.25, 0.3) is 0 Å². The summed E-state index contributed by atoms with van der Waals surface area (Å²) >= 11 is 0. The first-order chi connectivity index (χ1) is 5.23. The Balaban J connectivity index is 2.17. The summed E-state index contributed by atoms with van der Waals surface area (Å²) in [6.07, 6.45) is 4.13. The lowest BCUT2D eigenvalue weighted by Gasteiger charge is -2.38. The smallest absolute Gasteiger partial charge is 0.148 e. The number of rotatable bonds is 0. The lowest BCUT2D eigenvalue weighted by atomic mass is 9.76. The fourth-order valence-corrected chi connectivity index (χ4v) is 2.23. The number of fused-ring (bicyclic) bond motifs is 1. The molecule has 0 aromatic rings. The first-order valence-corrected chi connectivity index (χ1v) is 4.49. The van der Waals surface area contributed by atoms with Gasteiger partial charge in [-0.15, -0.1) is 0 Å². The molecule has 0 radical (unpaired) electrons. The molecule has 11 heavy (non-hydrogen) atoms. The van der Waals surface area contributed by atoms with Gasteiger partial charge in [-0.25, -0.2) is 0 Å². The van der Waals surface area contributed by atoms with Crippen LogP contribution in [0.15, 0.2) is 0 Å². The van der Waals surface area contributed by atoms with E-state index in [-0.39, 0.29) is 5.60 Å². The minimum Gasteiger partial charge on any atom is -0.349 e. The second kappa shape index (κ2) is 2.46. The van der Waals surface area contributed by atoms with Crippen molar-refractivity contribution in [2.24, 2.45) is 5.92 Å². The van der Waals surface area contributed by atoms with Crippen molar-refractivity contribution in [3.63, 3.8) is 0 Å². The summed E-state index contributed by atoms with van der Waals surface area (Å²) in [6.45, 7) is 4.96. The van der Waals surface area contributed by atoms with Crippen LogP contribution in [-0.2, 0) is 9.47 Å². The van der Waals surface area contributed by atoms with E-state index in [0.717, 1.165) is 0 Å². The van der Waals surface area contributed by atoms with Crippen LogP contribution in [0.4, 0.5) is 0 Å². The molecular formula is C9H16O2. The third-order valence-electron chi connectivity index (χ3n) is 3.36. The van der Waals surface area contributed by atoms with Gasteiger partial charge in [0.1, 0.15) is 6.79 Å². The van der Waals surface area contributed by atoms with Crippen molar-refractivity contribution >= 4 is 0 Å². The maximum absolute atomic E-state index is 5.63. The molecule has 0 amide bonds.